The molecule has 5 nitrogen and oxygen atoms in total. The number of amides is 1. The van der Waals surface area contributed by atoms with E-state index >= 15 is 0 Å². The summed E-state index contributed by atoms with van der Waals surface area (Å²) in [7, 11) is 0. The van der Waals surface area contributed by atoms with E-state index < -0.39 is 5.97 Å². The number of anilines is 1. The molecule has 0 aromatic heterocycles. The smallest absolute Gasteiger partial charge is 0.338 e. The molecule has 2 aromatic carbocycles. The number of ether oxygens (including phenoxy) is 2. The highest BCUT2D eigenvalue weighted by Gasteiger charge is 2.10. The third kappa shape index (κ3) is 4.84. The van der Waals surface area contributed by atoms with Gasteiger partial charge in [0.1, 0.15) is 5.75 Å². The summed E-state index contributed by atoms with van der Waals surface area (Å²) in [4.78, 5) is 24.2. The van der Waals surface area contributed by atoms with Crippen molar-refractivity contribution in [1.29, 1.82) is 0 Å². The van der Waals surface area contributed by atoms with Crippen LogP contribution in [-0.4, -0.2) is 25.1 Å². The number of hydrogen-bond acceptors (Lipinski definition) is 4. The summed E-state index contributed by atoms with van der Waals surface area (Å²) in [5.41, 5.74) is 1.43. The van der Waals surface area contributed by atoms with Crippen molar-refractivity contribution in [3.05, 3.63) is 59.7 Å². The van der Waals surface area contributed by atoms with Gasteiger partial charge in [0.15, 0.2) is 0 Å². The van der Waals surface area contributed by atoms with E-state index in [1.54, 1.807) is 48.5 Å². The van der Waals surface area contributed by atoms with Gasteiger partial charge in [0.25, 0.3) is 5.91 Å². The lowest BCUT2D eigenvalue weighted by molar-refractivity contribution is 0.0505. The number of hydrogen-bond donors (Lipinski definition) is 1. The summed E-state index contributed by atoms with van der Waals surface area (Å²) in [6.45, 7) is 4.72. The first-order valence-electron chi connectivity index (χ1n) is 7.95. The Hall–Kier alpha value is -2.82. The molecule has 0 atom stereocenters. The third-order valence-electron chi connectivity index (χ3n) is 3.20. The predicted octanol–water partition coefficient (Wildman–Crippen LogP) is 3.90. The van der Waals surface area contributed by atoms with Gasteiger partial charge in [-0.25, -0.2) is 4.79 Å². The molecule has 126 valence electrons. The van der Waals surface area contributed by atoms with Crippen molar-refractivity contribution in [2.45, 2.75) is 20.3 Å². The summed E-state index contributed by atoms with van der Waals surface area (Å²) in [6.07, 6.45) is 0.762. The molecular weight excluding hydrogens is 306 g/mol. The van der Waals surface area contributed by atoms with Crippen LogP contribution < -0.4 is 10.1 Å². The molecule has 0 aliphatic heterocycles. The normalized spacial score (nSPS) is 10.1. The van der Waals surface area contributed by atoms with Crippen LogP contribution in [0.1, 0.15) is 41.0 Å². The van der Waals surface area contributed by atoms with E-state index in [2.05, 4.69) is 5.32 Å². The number of benzene rings is 2. The van der Waals surface area contributed by atoms with Crippen molar-refractivity contribution in [3.8, 4) is 5.75 Å². The maximum absolute atomic E-state index is 12.3. The summed E-state index contributed by atoms with van der Waals surface area (Å²) < 4.78 is 10.5. The Morgan fingerprint density at radius 3 is 2.50 bits per heavy atom. The zero-order chi connectivity index (χ0) is 17.4. The lowest BCUT2D eigenvalue weighted by Gasteiger charge is -2.09. The molecule has 0 saturated heterocycles. The second kappa shape index (κ2) is 8.72. The highest BCUT2D eigenvalue weighted by atomic mass is 16.5. The molecule has 5 heteroatoms. The van der Waals surface area contributed by atoms with E-state index in [0.717, 1.165) is 6.42 Å². The number of rotatable bonds is 7. The van der Waals surface area contributed by atoms with Gasteiger partial charge < -0.3 is 14.8 Å². The lowest BCUT2D eigenvalue weighted by Crippen LogP contribution is -2.13. The Balaban J connectivity index is 2.09. The molecule has 24 heavy (non-hydrogen) atoms. The molecule has 0 unspecified atom stereocenters. The molecule has 0 heterocycles. The van der Waals surface area contributed by atoms with Gasteiger partial charge in [-0.2, -0.15) is 0 Å². The molecular formula is C19H21NO4. The van der Waals surface area contributed by atoms with Gasteiger partial charge in [-0.15, -0.1) is 0 Å². The van der Waals surface area contributed by atoms with Gasteiger partial charge in [0.05, 0.1) is 18.8 Å². The summed E-state index contributed by atoms with van der Waals surface area (Å²) in [5, 5.41) is 2.78. The van der Waals surface area contributed by atoms with Gasteiger partial charge in [-0.05, 0) is 49.7 Å². The molecule has 1 N–H and O–H groups in total. The minimum absolute atomic E-state index is 0.268. The predicted molar refractivity (Wildman–Crippen MR) is 92.6 cm³/mol. The highest BCUT2D eigenvalue weighted by molar-refractivity contribution is 6.05. The van der Waals surface area contributed by atoms with Gasteiger partial charge in [-0.1, -0.05) is 19.1 Å². The van der Waals surface area contributed by atoms with Crippen LogP contribution in [0, 0.1) is 0 Å². The number of nitrogens with one attached hydrogen (secondary N) is 1. The van der Waals surface area contributed by atoms with Crippen molar-refractivity contribution < 1.29 is 19.1 Å². The van der Waals surface area contributed by atoms with Crippen LogP contribution in [0.4, 0.5) is 5.69 Å². The van der Waals surface area contributed by atoms with E-state index in [4.69, 9.17) is 9.47 Å². The van der Waals surface area contributed by atoms with Crippen LogP contribution >= 0.6 is 0 Å². The van der Waals surface area contributed by atoms with Crippen molar-refractivity contribution >= 4 is 17.6 Å². The van der Waals surface area contributed by atoms with Crippen LogP contribution in [0.2, 0.25) is 0 Å². The Morgan fingerprint density at radius 2 is 1.75 bits per heavy atom. The van der Waals surface area contributed by atoms with Crippen LogP contribution in [0.5, 0.6) is 5.75 Å². The van der Waals surface area contributed by atoms with Crippen molar-refractivity contribution in [2.75, 3.05) is 18.5 Å². The fraction of sp³-hybridized carbons (Fsp3) is 0.263. The van der Waals surface area contributed by atoms with Gasteiger partial charge in [0.2, 0.25) is 0 Å². The minimum atomic E-state index is -0.397. The molecule has 0 spiro atoms. The van der Waals surface area contributed by atoms with Crippen molar-refractivity contribution in [2.24, 2.45) is 0 Å². The van der Waals surface area contributed by atoms with E-state index in [1.165, 1.54) is 0 Å². The van der Waals surface area contributed by atoms with Crippen LogP contribution in [-0.2, 0) is 4.74 Å². The molecule has 0 fully saturated rings. The quantitative estimate of drug-likeness (QED) is 0.783. The van der Waals surface area contributed by atoms with Crippen molar-refractivity contribution in [1.82, 2.24) is 0 Å². The standard InChI is InChI=1S/C19H21NO4/c1-3-11-24-19(22)15-8-5-9-16(12-15)20-18(21)14-7-6-10-17(13-14)23-4-2/h5-10,12-13H,3-4,11H2,1-2H3,(H,20,21). The zero-order valence-corrected chi connectivity index (χ0v) is 13.9. The lowest BCUT2D eigenvalue weighted by atomic mass is 10.1. The monoisotopic (exact) mass is 327 g/mol. The Kier molecular flexibility index (Phi) is 6.37. The summed E-state index contributed by atoms with van der Waals surface area (Å²) >= 11 is 0. The SMILES string of the molecule is CCCOC(=O)c1cccc(NC(=O)c2cccc(OCC)c2)c1. The van der Waals surface area contributed by atoms with Crippen LogP contribution in [0.15, 0.2) is 48.5 Å². The largest absolute Gasteiger partial charge is 0.494 e. The fourth-order valence-corrected chi connectivity index (χ4v) is 2.10. The number of carbonyl (C=O) groups excluding carboxylic acids is 2. The van der Waals surface area contributed by atoms with E-state index in [1.807, 2.05) is 13.8 Å². The number of carbonyl (C=O) groups is 2. The maximum Gasteiger partial charge on any atom is 0.338 e. The zero-order valence-electron chi connectivity index (χ0n) is 13.9. The van der Waals surface area contributed by atoms with Gasteiger partial charge >= 0.3 is 5.97 Å². The second-order valence-electron chi connectivity index (χ2n) is 5.13. The Bertz CT molecular complexity index is 712. The van der Waals surface area contributed by atoms with Crippen LogP contribution in [0.25, 0.3) is 0 Å². The second-order valence-corrected chi connectivity index (χ2v) is 5.13. The molecule has 0 aliphatic rings. The van der Waals surface area contributed by atoms with E-state index in [9.17, 15) is 9.59 Å². The maximum atomic E-state index is 12.3. The molecule has 1 amide bonds. The Morgan fingerprint density at radius 1 is 1.00 bits per heavy atom. The third-order valence-corrected chi connectivity index (χ3v) is 3.20. The van der Waals surface area contributed by atoms with Crippen molar-refractivity contribution in [3.63, 3.8) is 0 Å². The fourth-order valence-electron chi connectivity index (χ4n) is 2.10. The first kappa shape index (κ1) is 17.5. The molecule has 0 radical (unpaired) electrons. The summed E-state index contributed by atoms with van der Waals surface area (Å²) in [6, 6.07) is 13.6. The highest BCUT2D eigenvalue weighted by Crippen LogP contribution is 2.16. The molecule has 0 aliphatic carbocycles. The average molecular weight is 327 g/mol. The Labute approximate surface area is 141 Å². The topological polar surface area (TPSA) is 64.6 Å². The minimum Gasteiger partial charge on any atom is -0.494 e. The molecule has 0 saturated carbocycles. The number of esters is 1. The summed E-state index contributed by atoms with van der Waals surface area (Å²) in [5.74, 6) is -0.0241. The van der Waals surface area contributed by atoms with E-state index in [-0.39, 0.29) is 5.91 Å². The molecule has 0 bridgehead atoms. The van der Waals surface area contributed by atoms with Gasteiger partial charge in [0, 0.05) is 11.3 Å². The molecule has 2 aromatic rings. The average Bonchev–Trinajstić information content (AvgIpc) is 2.60. The molecule has 2 rings (SSSR count). The first-order chi connectivity index (χ1) is 11.6. The van der Waals surface area contributed by atoms with E-state index in [0.29, 0.717) is 35.8 Å². The van der Waals surface area contributed by atoms with Crippen LogP contribution in [0.3, 0.4) is 0 Å². The first-order valence-corrected chi connectivity index (χ1v) is 7.95. The van der Waals surface area contributed by atoms with Gasteiger partial charge in [-0.3, -0.25) is 4.79 Å².